The summed E-state index contributed by atoms with van der Waals surface area (Å²) in [5, 5.41) is 3.80. The third kappa shape index (κ3) is 3.43. The predicted molar refractivity (Wildman–Crippen MR) is 69.9 cm³/mol. The summed E-state index contributed by atoms with van der Waals surface area (Å²) in [6.45, 7) is 3.13. The van der Waals surface area contributed by atoms with Crippen molar-refractivity contribution in [2.24, 2.45) is 5.92 Å². The van der Waals surface area contributed by atoms with E-state index in [-0.39, 0.29) is 5.82 Å². The van der Waals surface area contributed by atoms with E-state index < -0.39 is 0 Å². The van der Waals surface area contributed by atoms with Crippen LogP contribution in [0.2, 0.25) is 5.02 Å². The van der Waals surface area contributed by atoms with E-state index in [9.17, 15) is 4.39 Å². The SMILES string of the molecule is CCNC(CCc1cccc(F)c1Cl)C1CC1. The minimum Gasteiger partial charge on any atom is -0.314 e. The van der Waals surface area contributed by atoms with Gasteiger partial charge in [0.05, 0.1) is 5.02 Å². The molecular formula is C14H19ClFN. The first-order valence-electron chi connectivity index (χ1n) is 6.38. The van der Waals surface area contributed by atoms with E-state index in [1.54, 1.807) is 6.07 Å². The van der Waals surface area contributed by atoms with Crippen molar-refractivity contribution in [2.75, 3.05) is 6.54 Å². The van der Waals surface area contributed by atoms with Gasteiger partial charge in [-0.3, -0.25) is 0 Å². The van der Waals surface area contributed by atoms with Crippen LogP contribution in [0.4, 0.5) is 4.39 Å². The Labute approximate surface area is 107 Å². The van der Waals surface area contributed by atoms with Crippen molar-refractivity contribution in [3.8, 4) is 0 Å². The molecule has 0 amide bonds. The quantitative estimate of drug-likeness (QED) is 0.815. The number of aryl methyl sites for hydroxylation is 1. The zero-order valence-electron chi connectivity index (χ0n) is 10.2. The Kier molecular flexibility index (Phi) is 4.41. The molecule has 2 rings (SSSR count). The molecule has 94 valence electrons. The average molecular weight is 256 g/mol. The van der Waals surface area contributed by atoms with Gasteiger partial charge in [-0.15, -0.1) is 0 Å². The molecule has 0 bridgehead atoms. The summed E-state index contributed by atoms with van der Waals surface area (Å²) < 4.78 is 13.3. The van der Waals surface area contributed by atoms with Crippen LogP contribution in [-0.4, -0.2) is 12.6 Å². The number of hydrogen-bond acceptors (Lipinski definition) is 1. The van der Waals surface area contributed by atoms with Crippen LogP contribution >= 0.6 is 11.6 Å². The summed E-state index contributed by atoms with van der Waals surface area (Å²) in [5.74, 6) is 0.512. The summed E-state index contributed by atoms with van der Waals surface area (Å²) in [4.78, 5) is 0. The number of benzene rings is 1. The van der Waals surface area contributed by atoms with E-state index in [2.05, 4.69) is 12.2 Å². The summed E-state index contributed by atoms with van der Waals surface area (Å²) in [5.41, 5.74) is 0.926. The Morgan fingerprint density at radius 1 is 1.47 bits per heavy atom. The zero-order valence-corrected chi connectivity index (χ0v) is 10.9. The highest BCUT2D eigenvalue weighted by Crippen LogP contribution is 2.35. The molecule has 1 fully saturated rings. The van der Waals surface area contributed by atoms with Gasteiger partial charge in [0.2, 0.25) is 0 Å². The van der Waals surface area contributed by atoms with E-state index >= 15 is 0 Å². The van der Waals surface area contributed by atoms with Crippen LogP contribution < -0.4 is 5.32 Å². The van der Waals surface area contributed by atoms with Crippen LogP contribution in [0.1, 0.15) is 31.7 Å². The van der Waals surface area contributed by atoms with Crippen LogP contribution in [0.15, 0.2) is 18.2 Å². The molecular weight excluding hydrogens is 237 g/mol. The molecule has 0 heterocycles. The zero-order chi connectivity index (χ0) is 12.3. The van der Waals surface area contributed by atoms with E-state index in [1.165, 1.54) is 18.9 Å². The molecule has 1 atom stereocenters. The Morgan fingerprint density at radius 3 is 2.88 bits per heavy atom. The minimum absolute atomic E-state index is 0.290. The van der Waals surface area contributed by atoms with E-state index in [1.807, 2.05) is 6.07 Å². The molecule has 1 aliphatic rings. The second-order valence-corrected chi connectivity index (χ2v) is 5.13. The maximum Gasteiger partial charge on any atom is 0.142 e. The molecule has 1 saturated carbocycles. The van der Waals surface area contributed by atoms with Crippen molar-refractivity contribution < 1.29 is 4.39 Å². The summed E-state index contributed by atoms with van der Waals surface area (Å²) in [6, 6.07) is 5.63. The Bertz CT molecular complexity index is 376. The normalized spacial score (nSPS) is 17.1. The lowest BCUT2D eigenvalue weighted by molar-refractivity contribution is 0.446. The third-order valence-electron chi connectivity index (χ3n) is 3.41. The van der Waals surface area contributed by atoms with Gasteiger partial charge in [0.15, 0.2) is 0 Å². The predicted octanol–water partition coefficient (Wildman–Crippen LogP) is 3.80. The molecule has 1 N–H and O–H groups in total. The first kappa shape index (κ1) is 12.8. The number of hydrogen-bond donors (Lipinski definition) is 1. The lowest BCUT2D eigenvalue weighted by Crippen LogP contribution is -2.31. The van der Waals surface area contributed by atoms with Gasteiger partial charge < -0.3 is 5.32 Å². The van der Waals surface area contributed by atoms with E-state index in [0.29, 0.717) is 11.1 Å². The van der Waals surface area contributed by atoms with Crippen LogP contribution in [0.25, 0.3) is 0 Å². The molecule has 1 nitrogen and oxygen atoms in total. The van der Waals surface area contributed by atoms with Crippen molar-refractivity contribution in [3.63, 3.8) is 0 Å². The van der Waals surface area contributed by atoms with Crippen molar-refractivity contribution >= 4 is 11.6 Å². The fourth-order valence-corrected chi connectivity index (χ4v) is 2.54. The third-order valence-corrected chi connectivity index (χ3v) is 3.84. The van der Waals surface area contributed by atoms with Crippen LogP contribution in [-0.2, 0) is 6.42 Å². The highest BCUT2D eigenvalue weighted by molar-refractivity contribution is 6.31. The van der Waals surface area contributed by atoms with Crippen molar-refractivity contribution in [1.82, 2.24) is 5.32 Å². The number of halogens is 2. The van der Waals surface area contributed by atoms with Gasteiger partial charge >= 0.3 is 0 Å². The standard InChI is InChI=1S/C14H19ClFN/c1-2-17-13(10-6-7-10)9-8-11-4-3-5-12(16)14(11)15/h3-5,10,13,17H,2,6-9H2,1H3. The van der Waals surface area contributed by atoms with Crippen molar-refractivity contribution in [2.45, 2.75) is 38.6 Å². The van der Waals surface area contributed by atoms with Crippen LogP contribution in [0, 0.1) is 11.7 Å². The van der Waals surface area contributed by atoms with E-state index in [4.69, 9.17) is 11.6 Å². The van der Waals surface area contributed by atoms with E-state index in [0.717, 1.165) is 30.9 Å². The highest BCUT2D eigenvalue weighted by Gasteiger charge is 2.30. The second kappa shape index (κ2) is 5.83. The summed E-state index contributed by atoms with van der Waals surface area (Å²) >= 11 is 5.95. The van der Waals surface area contributed by atoms with Gasteiger partial charge in [0, 0.05) is 6.04 Å². The van der Waals surface area contributed by atoms with Gasteiger partial charge in [-0.2, -0.15) is 0 Å². The first-order chi connectivity index (χ1) is 8.22. The largest absolute Gasteiger partial charge is 0.314 e. The molecule has 0 aliphatic heterocycles. The fourth-order valence-electron chi connectivity index (χ4n) is 2.32. The summed E-state index contributed by atoms with van der Waals surface area (Å²) in [6.07, 6.45) is 4.55. The first-order valence-corrected chi connectivity index (χ1v) is 6.76. The minimum atomic E-state index is -0.310. The number of rotatable bonds is 6. The second-order valence-electron chi connectivity index (χ2n) is 4.75. The van der Waals surface area contributed by atoms with Gasteiger partial charge in [-0.25, -0.2) is 4.39 Å². The maximum absolute atomic E-state index is 13.3. The van der Waals surface area contributed by atoms with Crippen molar-refractivity contribution in [3.05, 3.63) is 34.6 Å². The smallest absolute Gasteiger partial charge is 0.142 e. The molecule has 0 saturated heterocycles. The molecule has 0 radical (unpaired) electrons. The molecule has 1 aromatic carbocycles. The Morgan fingerprint density at radius 2 is 2.24 bits per heavy atom. The van der Waals surface area contributed by atoms with Gasteiger partial charge in [0.1, 0.15) is 5.82 Å². The lowest BCUT2D eigenvalue weighted by atomic mass is 10.0. The van der Waals surface area contributed by atoms with Gasteiger partial charge in [0.25, 0.3) is 0 Å². The highest BCUT2D eigenvalue weighted by atomic mass is 35.5. The summed E-state index contributed by atoms with van der Waals surface area (Å²) in [7, 11) is 0. The van der Waals surface area contributed by atoms with Gasteiger partial charge in [-0.1, -0.05) is 30.7 Å². The average Bonchev–Trinajstić information content (AvgIpc) is 3.13. The molecule has 17 heavy (non-hydrogen) atoms. The molecule has 1 aromatic rings. The fraction of sp³-hybridized carbons (Fsp3) is 0.571. The lowest BCUT2D eigenvalue weighted by Gasteiger charge is -2.17. The van der Waals surface area contributed by atoms with Crippen molar-refractivity contribution in [1.29, 1.82) is 0 Å². The Hall–Kier alpha value is -0.600. The van der Waals surface area contributed by atoms with Gasteiger partial charge in [-0.05, 0) is 49.8 Å². The Balaban J connectivity index is 1.93. The molecule has 1 aliphatic carbocycles. The maximum atomic E-state index is 13.3. The topological polar surface area (TPSA) is 12.0 Å². The van der Waals surface area contributed by atoms with Crippen LogP contribution in [0.5, 0.6) is 0 Å². The number of nitrogens with one attached hydrogen (secondary N) is 1. The molecule has 1 unspecified atom stereocenters. The molecule has 0 spiro atoms. The molecule has 3 heteroatoms. The van der Waals surface area contributed by atoms with Crippen LogP contribution in [0.3, 0.4) is 0 Å². The molecule has 0 aromatic heterocycles. The monoisotopic (exact) mass is 255 g/mol.